The molecule has 1 N–H and O–H groups in total. The van der Waals surface area contributed by atoms with Crippen molar-refractivity contribution in [1.82, 2.24) is 5.32 Å². The minimum absolute atomic E-state index is 0.186. The van der Waals surface area contributed by atoms with Crippen LogP contribution in [0.1, 0.15) is 21.5 Å². The quantitative estimate of drug-likeness (QED) is 0.183. The maximum atomic E-state index is 13.2. The summed E-state index contributed by atoms with van der Waals surface area (Å²) in [4.78, 5) is 50.8. The molecule has 4 amide bonds. The van der Waals surface area contributed by atoms with Crippen LogP contribution in [0.3, 0.4) is 0 Å². The molecule has 3 aromatic carbocycles. The fraction of sp³-hybridized carbons (Fsp3) is 0.111. The van der Waals surface area contributed by atoms with E-state index in [1.54, 1.807) is 12.1 Å². The van der Waals surface area contributed by atoms with Crippen molar-refractivity contribution in [2.24, 2.45) is 0 Å². The Morgan fingerprint density at radius 3 is 2.35 bits per heavy atom. The summed E-state index contributed by atoms with van der Waals surface area (Å²) in [7, 11) is 2.74. The molecule has 1 heterocycles. The third-order valence-electron chi connectivity index (χ3n) is 5.44. The van der Waals surface area contributed by atoms with E-state index in [-0.39, 0.29) is 16.8 Å². The lowest BCUT2D eigenvalue weighted by atomic mass is 10.1. The molecule has 4 rings (SSSR count). The van der Waals surface area contributed by atoms with Crippen molar-refractivity contribution in [2.45, 2.75) is 6.61 Å². The minimum Gasteiger partial charge on any atom is -0.493 e. The first-order valence-corrected chi connectivity index (χ1v) is 12.0. The standard InChI is InChI=1S/C27H21IN2O7/c1-35-22-14-17(13-21(28)23(22)37-15-16-6-4-3-5-7-16)12-20-24(31)29-27(34)30(25(20)32)19-10-8-18(9-11-19)26(33)36-2/h3-14H,15H2,1-2H3,(H,29,31,34)/b20-12+. The van der Waals surface area contributed by atoms with Crippen molar-refractivity contribution in [3.63, 3.8) is 0 Å². The Bertz CT molecular complexity index is 1400. The number of urea groups is 1. The molecule has 0 saturated carbocycles. The van der Waals surface area contributed by atoms with E-state index in [4.69, 9.17) is 9.47 Å². The largest absolute Gasteiger partial charge is 0.493 e. The number of amides is 4. The van der Waals surface area contributed by atoms with Gasteiger partial charge in [0.15, 0.2) is 11.5 Å². The van der Waals surface area contributed by atoms with Crippen molar-refractivity contribution >= 4 is 58.2 Å². The summed E-state index contributed by atoms with van der Waals surface area (Å²) in [6.45, 7) is 0.334. The third-order valence-corrected chi connectivity index (χ3v) is 6.24. The molecule has 0 radical (unpaired) electrons. The summed E-state index contributed by atoms with van der Waals surface area (Å²) in [6.07, 6.45) is 1.38. The van der Waals surface area contributed by atoms with Crippen molar-refractivity contribution in [3.05, 3.63) is 92.6 Å². The van der Waals surface area contributed by atoms with Gasteiger partial charge in [0.05, 0.1) is 29.0 Å². The molecular formula is C27H21IN2O7. The van der Waals surface area contributed by atoms with Crippen LogP contribution in [0.4, 0.5) is 10.5 Å². The molecule has 9 nitrogen and oxygen atoms in total. The number of carbonyl (C=O) groups excluding carboxylic acids is 4. The summed E-state index contributed by atoms with van der Waals surface area (Å²) >= 11 is 2.09. The molecule has 0 atom stereocenters. The Morgan fingerprint density at radius 2 is 1.70 bits per heavy atom. The molecule has 1 aliphatic rings. The first kappa shape index (κ1) is 25.9. The Kier molecular flexibility index (Phi) is 7.87. The van der Waals surface area contributed by atoms with E-state index in [1.165, 1.54) is 44.6 Å². The lowest BCUT2D eigenvalue weighted by Gasteiger charge is -2.26. The number of hydrogen-bond donors (Lipinski definition) is 1. The highest BCUT2D eigenvalue weighted by atomic mass is 127. The molecule has 0 aromatic heterocycles. The van der Waals surface area contributed by atoms with Crippen LogP contribution < -0.4 is 19.7 Å². The maximum Gasteiger partial charge on any atom is 0.337 e. The number of halogens is 1. The van der Waals surface area contributed by atoms with Crippen LogP contribution in [0.25, 0.3) is 6.08 Å². The number of anilines is 1. The van der Waals surface area contributed by atoms with Crippen LogP contribution >= 0.6 is 22.6 Å². The highest BCUT2D eigenvalue weighted by Gasteiger charge is 2.37. The maximum absolute atomic E-state index is 13.2. The number of methoxy groups -OCH3 is 2. The number of carbonyl (C=O) groups is 4. The first-order chi connectivity index (χ1) is 17.8. The number of imide groups is 2. The lowest BCUT2D eigenvalue weighted by molar-refractivity contribution is -0.122. The summed E-state index contributed by atoms with van der Waals surface area (Å²) in [5.74, 6) is -1.24. The van der Waals surface area contributed by atoms with E-state index < -0.39 is 23.8 Å². The van der Waals surface area contributed by atoms with E-state index in [0.717, 1.165) is 10.5 Å². The van der Waals surface area contributed by atoms with E-state index in [9.17, 15) is 19.2 Å². The first-order valence-electron chi connectivity index (χ1n) is 11.0. The van der Waals surface area contributed by atoms with Gasteiger partial charge in [-0.1, -0.05) is 30.3 Å². The van der Waals surface area contributed by atoms with Gasteiger partial charge in [0.1, 0.15) is 12.2 Å². The second kappa shape index (κ2) is 11.2. The average Bonchev–Trinajstić information content (AvgIpc) is 2.90. The predicted octanol–water partition coefficient (Wildman–Crippen LogP) is 4.33. The van der Waals surface area contributed by atoms with Crippen molar-refractivity contribution < 1.29 is 33.4 Å². The molecule has 1 aliphatic heterocycles. The monoisotopic (exact) mass is 612 g/mol. The van der Waals surface area contributed by atoms with Crippen LogP contribution in [-0.2, 0) is 20.9 Å². The molecule has 0 spiro atoms. The van der Waals surface area contributed by atoms with Gasteiger partial charge in [-0.15, -0.1) is 0 Å². The van der Waals surface area contributed by atoms with Crippen LogP contribution in [0, 0.1) is 3.57 Å². The average molecular weight is 612 g/mol. The molecule has 0 aliphatic carbocycles. The molecule has 1 saturated heterocycles. The van der Waals surface area contributed by atoms with Gasteiger partial charge in [-0.25, -0.2) is 14.5 Å². The van der Waals surface area contributed by atoms with Crippen molar-refractivity contribution in [1.29, 1.82) is 0 Å². The van der Waals surface area contributed by atoms with Gasteiger partial charge in [-0.3, -0.25) is 14.9 Å². The van der Waals surface area contributed by atoms with Gasteiger partial charge in [0, 0.05) is 0 Å². The molecule has 37 heavy (non-hydrogen) atoms. The molecule has 0 bridgehead atoms. The number of rotatable bonds is 7. The zero-order valence-corrected chi connectivity index (χ0v) is 22.0. The fourth-order valence-corrected chi connectivity index (χ4v) is 4.40. The Morgan fingerprint density at radius 1 is 1.00 bits per heavy atom. The number of esters is 1. The van der Waals surface area contributed by atoms with Crippen LogP contribution in [-0.4, -0.2) is 38.0 Å². The Hall–Kier alpha value is -4.19. The summed E-state index contributed by atoms with van der Waals surface area (Å²) in [5.41, 5.74) is 1.68. The Labute approximate surface area is 226 Å². The van der Waals surface area contributed by atoms with Gasteiger partial charge in [0.25, 0.3) is 11.8 Å². The van der Waals surface area contributed by atoms with E-state index >= 15 is 0 Å². The summed E-state index contributed by atoms with van der Waals surface area (Å²) < 4.78 is 16.8. The molecule has 0 unspecified atom stereocenters. The Balaban J connectivity index is 1.62. The topological polar surface area (TPSA) is 111 Å². The number of ether oxygens (including phenoxy) is 3. The van der Waals surface area contributed by atoms with Gasteiger partial charge in [-0.2, -0.15) is 0 Å². The second-order valence-corrected chi connectivity index (χ2v) is 8.97. The molecule has 188 valence electrons. The zero-order chi connectivity index (χ0) is 26.5. The van der Waals surface area contributed by atoms with Gasteiger partial charge in [0.2, 0.25) is 0 Å². The summed E-state index contributed by atoms with van der Waals surface area (Å²) in [6, 6.07) is 17.8. The molecule has 3 aromatic rings. The third kappa shape index (κ3) is 5.64. The SMILES string of the molecule is COC(=O)c1ccc(N2C(=O)NC(=O)/C(=C\c3cc(I)c(OCc4ccccc4)c(OC)c3)C2=O)cc1. The lowest BCUT2D eigenvalue weighted by Crippen LogP contribution is -2.54. The van der Waals surface area contributed by atoms with Gasteiger partial charge in [-0.05, 0) is 76.2 Å². The zero-order valence-electron chi connectivity index (χ0n) is 19.8. The number of hydrogen-bond acceptors (Lipinski definition) is 7. The van der Waals surface area contributed by atoms with Crippen molar-refractivity contribution in [3.8, 4) is 11.5 Å². The smallest absolute Gasteiger partial charge is 0.337 e. The highest BCUT2D eigenvalue weighted by Crippen LogP contribution is 2.35. The normalized spacial score (nSPS) is 14.4. The highest BCUT2D eigenvalue weighted by molar-refractivity contribution is 14.1. The second-order valence-electron chi connectivity index (χ2n) is 7.80. The number of nitrogens with one attached hydrogen (secondary N) is 1. The summed E-state index contributed by atoms with van der Waals surface area (Å²) in [5, 5.41) is 2.18. The van der Waals surface area contributed by atoms with Crippen molar-refractivity contribution in [2.75, 3.05) is 19.1 Å². The van der Waals surface area contributed by atoms with E-state index in [1.807, 2.05) is 30.3 Å². The predicted molar refractivity (Wildman–Crippen MR) is 143 cm³/mol. The number of nitrogens with zero attached hydrogens (tertiary/aromatic N) is 1. The van der Waals surface area contributed by atoms with Crippen LogP contribution in [0.2, 0.25) is 0 Å². The van der Waals surface area contributed by atoms with Gasteiger partial charge < -0.3 is 14.2 Å². The number of benzene rings is 3. The fourth-order valence-electron chi connectivity index (χ4n) is 3.62. The van der Waals surface area contributed by atoms with Gasteiger partial charge >= 0.3 is 12.0 Å². The molecule has 1 fully saturated rings. The van der Waals surface area contributed by atoms with E-state index in [0.29, 0.717) is 27.2 Å². The van der Waals surface area contributed by atoms with Crippen LogP contribution in [0.15, 0.2) is 72.3 Å². The van der Waals surface area contributed by atoms with E-state index in [2.05, 4.69) is 32.6 Å². The molecular weight excluding hydrogens is 591 g/mol. The molecule has 10 heteroatoms. The minimum atomic E-state index is -0.894. The number of barbiturate groups is 1. The van der Waals surface area contributed by atoms with Crippen LogP contribution in [0.5, 0.6) is 11.5 Å².